The zero-order chi connectivity index (χ0) is 15.2. The van der Waals surface area contributed by atoms with Crippen molar-refractivity contribution in [3.63, 3.8) is 0 Å². The van der Waals surface area contributed by atoms with Crippen LogP contribution in [-0.2, 0) is 6.54 Å². The lowest BCUT2D eigenvalue weighted by molar-refractivity contribution is 0.0677. The Morgan fingerprint density at radius 2 is 2.24 bits per heavy atom. The quantitative estimate of drug-likeness (QED) is 0.906. The molecule has 0 bridgehead atoms. The van der Waals surface area contributed by atoms with Gasteiger partial charge in [-0.15, -0.1) is 0 Å². The standard InChI is InChI=1S/C16H28N4O/c1-3-14-8-5-4-6-10-19(14)16(21)15-12-18-20(13(15)2)11-7-9-17/h12,14H,3-11,17H2,1-2H3. The summed E-state index contributed by atoms with van der Waals surface area (Å²) in [5, 5.41) is 4.36. The topological polar surface area (TPSA) is 64.2 Å². The summed E-state index contributed by atoms with van der Waals surface area (Å²) in [6.45, 7) is 6.47. The summed E-state index contributed by atoms with van der Waals surface area (Å²) in [6, 6.07) is 0.381. The van der Waals surface area contributed by atoms with Crippen LogP contribution in [0.3, 0.4) is 0 Å². The first-order valence-electron chi connectivity index (χ1n) is 8.22. The molecule has 2 heterocycles. The van der Waals surface area contributed by atoms with Gasteiger partial charge < -0.3 is 10.6 Å². The monoisotopic (exact) mass is 292 g/mol. The van der Waals surface area contributed by atoms with Crippen LogP contribution in [0, 0.1) is 6.92 Å². The number of rotatable bonds is 5. The molecule has 1 atom stereocenters. The molecule has 0 saturated carbocycles. The maximum absolute atomic E-state index is 12.9. The summed E-state index contributed by atoms with van der Waals surface area (Å²) in [5.74, 6) is 0.153. The van der Waals surface area contributed by atoms with E-state index in [0.29, 0.717) is 12.6 Å². The Kier molecular flexibility index (Phi) is 5.79. The highest BCUT2D eigenvalue weighted by molar-refractivity contribution is 5.95. The fraction of sp³-hybridized carbons (Fsp3) is 0.750. The molecule has 118 valence electrons. The Balaban J connectivity index is 2.16. The number of hydrogen-bond acceptors (Lipinski definition) is 3. The van der Waals surface area contributed by atoms with Gasteiger partial charge in [0, 0.05) is 24.8 Å². The van der Waals surface area contributed by atoms with Gasteiger partial charge in [0.1, 0.15) is 0 Å². The Labute approximate surface area is 127 Å². The molecular formula is C16H28N4O. The van der Waals surface area contributed by atoms with Crippen molar-refractivity contribution in [1.29, 1.82) is 0 Å². The smallest absolute Gasteiger partial charge is 0.257 e. The highest BCUT2D eigenvalue weighted by atomic mass is 16.2. The Hall–Kier alpha value is -1.36. The number of likely N-dealkylation sites (tertiary alicyclic amines) is 1. The number of hydrogen-bond donors (Lipinski definition) is 1. The van der Waals surface area contributed by atoms with E-state index in [2.05, 4.69) is 16.9 Å². The van der Waals surface area contributed by atoms with E-state index in [1.807, 2.05) is 11.6 Å². The van der Waals surface area contributed by atoms with Crippen molar-refractivity contribution in [2.24, 2.45) is 5.73 Å². The molecule has 1 saturated heterocycles. The second kappa shape index (κ2) is 7.59. The summed E-state index contributed by atoms with van der Waals surface area (Å²) in [5.41, 5.74) is 7.27. The molecule has 1 aromatic rings. The van der Waals surface area contributed by atoms with E-state index < -0.39 is 0 Å². The average Bonchev–Trinajstić information content (AvgIpc) is 2.72. The number of aromatic nitrogens is 2. The predicted molar refractivity (Wildman–Crippen MR) is 84.2 cm³/mol. The van der Waals surface area contributed by atoms with Gasteiger partial charge >= 0.3 is 0 Å². The van der Waals surface area contributed by atoms with Crippen LogP contribution in [0.1, 0.15) is 61.5 Å². The number of carbonyl (C=O) groups is 1. The molecule has 1 aromatic heterocycles. The lowest BCUT2D eigenvalue weighted by Gasteiger charge is -2.29. The molecule has 21 heavy (non-hydrogen) atoms. The van der Waals surface area contributed by atoms with Crippen LogP contribution in [0.25, 0.3) is 0 Å². The van der Waals surface area contributed by atoms with Crippen LogP contribution in [0.2, 0.25) is 0 Å². The maximum atomic E-state index is 12.9. The lowest BCUT2D eigenvalue weighted by Crippen LogP contribution is -2.39. The summed E-state index contributed by atoms with van der Waals surface area (Å²) in [6.07, 6.45) is 8.35. The van der Waals surface area contributed by atoms with Gasteiger partial charge in [0.2, 0.25) is 0 Å². The van der Waals surface area contributed by atoms with E-state index >= 15 is 0 Å². The van der Waals surface area contributed by atoms with Crippen molar-refractivity contribution >= 4 is 5.91 Å². The first kappa shape index (κ1) is 16.0. The molecule has 2 rings (SSSR count). The van der Waals surface area contributed by atoms with Gasteiger partial charge in [-0.3, -0.25) is 9.48 Å². The molecule has 1 aliphatic rings. The first-order chi connectivity index (χ1) is 10.2. The minimum atomic E-state index is 0.153. The van der Waals surface area contributed by atoms with Crippen molar-refractivity contribution < 1.29 is 4.79 Å². The molecule has 0 aliphatic carbocycles. The van der Waals surface area contributed by atoms with Crippen LogP contribution in [0.15, 0.2) is 6.20 Å². The Bertz CT molecular complexity index is 469. The van der Waals surface area contributed by atoms with Gasteiger partial charge in [0.05, 0.1) is 11.8 Å². The van der Waals surface area contributed by atoms with Crippen LogP contribution in [0.4, 0.5) is 0 Å². The second-order valence-corrected chi connectivity index (χ2v) is 5.92. The number of amides is 1. The lowest BCUT2D eigenvalue weighted by atomic mass is 10.1. The second-order valence-electron chi connectivity index (χ2n) is 5.92. The number of nitrogens with zero attached hydrogens (tertiary/aromatic N) is 3. The van der Waals surface area contributed by atoms with Gasteiger partial charge in [-0.05, 0) is 39.2 Å². The minimum Gasteiger partial charge on any atom is -0.336 e. The summed E-state index contributed by atoms with van der Waals surface area (Å²) >= 11 is 0. The third-order valence-corrected chi connectivity index (χ3v) is 4.52. The zero-order valence-corrected chi connectivity index (χ0v) is 13.3. The molecule has 0 spiro atoms. The van der Waals surface area contributed by atoms with E-state index in [1.165, 1.54) is 12.8 Å². The van der Waals surface area contributed by atoms with Crippen LogP contribution < -0.4 is 5.73 Å². The van der Waals surface area contributed by atoms with Gasteiger partial charge in [0.25, 0.3) is 5.91 Å². The molecule has 2 N–H and O–H groups in total. The van der Waals surface area contributed by atoms with E-state index in [-0.39, 0.29) is 5.91 Å². The van der Waals surface area contributed by atoms with E-state index in [4.69, 9.17) is 5.73 Å². The highest BCUT2D eigenvalue weighted by Gasteiger charge is 2.27. The Morgan fingerprint density at radius 1 is 1.43 bits per heavy atom. The van der Waals surface area contributed by atoms with Gasteiger partial charge in [-0.2, -0.15) is 5.10 Å². The molecule has 0 radical (unpaired) electrons. The predicted octanol–water partition coefficient (Wildman–Crippen LogP) is 2.34. The number of aryl methyl sites for hydroxylation is 1. The van der Waals surface area contributed by atoms with E-state index in [9.17, 15) is 4.79 Å². The van der Waals surface area contributed by atoms with Crippen LogP contribution >= 0.6 is 0 Å². The average molecular weight is 292 g/mol. The van der Waals surface area contributed by atoms with E-state index in [1.54, 1.807) is 6.20 Å². The fourth-order valence-electron chi connectivity index (χ4n) is 3.15. The molecule has 1 amide bonds. The molecular weight excluding hydrogens is 264 g/mol. The number of nitrogens with two attached hydrogens (primary N) is 1. The molecule has 0 aromatic carbocycles. The zero-order valence-electron chi connectivity index (χ0n) is 13.3. The molecule has 1 unspecified atom stereocenters. The van der Waals surface area contributed by atoms with Gasteiger partial charge in [0.15, 0.2) is 0 Å². The van der Waals surface area contributed by atoms with Crippen molar-refractivity contribution in [2.75, 3.05) is 13.1 Å². The van der Waals surface area contributed by atoms with Crippen molar-refractivity contribution in [1.82, 2.24) is 14.7 Å². The van der Waals surface area contributed by atoms with Gasteiger partial charge in [-0.1, -0.05) is 19.8 Å². The van der Waals surface area contributed by atoms with E-state index in [0.717, 1.165) is 50.0 Å². The Morgan fingerprint density at radius 3 is 2.95 bits per heavy atom. The third-order valence-electron chi connectivity index (χ3n) is 4.52. The summed E-state index contributed by atoms with van der Waals surface area (Å²) in [7, 11) is 0. The normalized spacial score (nSPS) is 19.6. The fourth-order valence-corrected chi connectivity index (χ4v) is 3.15. The summed E-state index contributed by atoms with van der Waals surface area (Å²) in [4.78, 5) is 15.0. The van der Waals surface area contributed by atoms with Crippen LogP contribution in [-0.4, -0.2) is 39.7 Å². The van der Waals surface area contributed by atoms with Gasteiger partial charge in [-0.25, -0.2) is 0 Å². The molecule has 1 aliphatic heterocycles. The SMILES string of the molecule is CCC1CCCCCN1C(=O)c1cnn(CCCN)c1C. The number of carbonyl (C=O) groups excluding carboxylic acids is 1. The molecule has 5 nitrogen and oxygen atoms in total. The minimum absolute atomic E-state index is 0.153. The highest BCUT2D eigenvalue weighted by Crippen LogP contribution is 2.22. The van der Waals surface area contributed by atoms with Crippen LogP contribution in [0.5, 0.6) is 0 Å². The largest absolute Gasteiger partial charge is 0.336 e. The maximum Gasteiger partial charge on any atom is 0.257 e. The molecule has 5 heteroatoms. The van der Waals surface area contributed by atoms with Crippen molar-refractivity contribution in [3.05, 3.63) is 17.5 Å². The molecule has 1 fully saturated rings. The summed E-state index contributed by atoms with van der Waals surface area (Å²) < 4.78 is 1.90. The first-order valence-corrected chi connectivity index (χ1v) is 8.22. The van der Waals surface area contributed by atoms with Crippen molar-refractivity contribution in [3.8, 4) is 0 Å². The van der Waals surface area contributed by atoms with Crippen molar-refractivity contribution in [2.45, 2.75) is 65.0 Å². The third kappa shape index (κ3) is 3.64.